The van der Waals surface area contributed by atoms with E-state index in [4.69, 9.17) is 9.47 Å². The van der Waals surface area contributed by atoms with Crippen molar-refractivity contribution in [3.8, 4) is 6.07 Å². The molecule has 2 aromatic rings. The second-order valence-electron chi connectivity index (χ2n) is 5.15. The van der Waals surface area contributed by atoms with Gasteiger partial charge in [-0.05, 0) is 25.0 Å². The summed E-state index contributed by atoms with van der Waals surface area (Å²) in [7, 11) is 0. The molecular weight excluding hydrogens is 298 g/mol. The van der Waals surface area contributed by atoms with Crippen LogP contribution in [0.4, 0.5) is 0 Å². The normalized spacial score (nSPS) is 18.5. The van der Waals surface area contributed by atoms with Crippen LogP contribution in [0.5, 0.6) is 0 Å². The van der Waals surface area contributed by atoms with Gasteiger partial charge in [0.25, 0.3) is 0 Å². The Kier molecular flexibility index (Phi) is 4.26. The first-order valence-electron chi connectivity index (χ1n) is 7.24. The first-order chi connectivity index (χ1) is 11.2. The SMILES string of the molecule is N#C/C(=C(\O)COC(=O)C1CCCO1)c1nc2ccccc2[nH]1. The van der Waals surface area contributed by atoms with Crippen LogP contribution in [0.1, 0.15) is 18.7 Å². The molecule has 1 aromatic heterocycles. The van der Waals surface area contributed by atoms with E-state index >= 15 is 0 Å². The van der Waals surface area contributed by atoms with E-state index in [9.17, 15) is 15.2 Å². The third kappa shape index (κ3) is 3.17. The van der Waals surface area contributed by atoms with E-state index < -0.39 is 18.7 Å². The monoisotopic (exact) mass is 313 g/mol. The third-order valence-electron chi connectivity index (χ3n) is 3.57. The third-order valence-corrected chi connectivity index (χ3v) is 3.57. The number of aliphatic hydroxyl groups is 1. The molecule has 0 aliphatic carbocycles. The number of aromatic nitrogens is 2. The van der Waals surface area contributed by atoms with Gasteiger partial charge in [-0.3, -0.25) is 0 Å². The Morgan fingerprint density at radius 1 is 1.52 bits per heavy atom. The number of aliphatic hydroxyl groups excluding tert-OH is 1. The van der Waals surface area contributed by atoms with Gasteiger partial charge in [0.05, 0.1) is 11.0 Å². The molecule has 1 fully saturated rings. The van der Waals surface area contributed by atoms with Crippen LogP contribution >= 0.6 is 0 Å². The number of nitrogens with zero attached hydrogens (tertiary/aromatic N) is 2. The smallest absolute Gasteiger partial charge is 0.335 e. The van der Waals surface area contributed by atoms with Gasteiger partial charge < -0.3 is 19.6 Å². The molecule has 0 spiro atoms. The summed E-state index contributed by atoms with van der Waals surface area (Å²) >= 11 is 0. The van der Waals surface area contributed by atoms with E-state index in [-0.39, 0.29) is 17.2 Å². The van der Waals surface area contributed by atoms with Gasteiger partial charge in [0, 0.05) is 6.61 Å². The molecule has 118 valence electrons. The summed E-state index contributed by atoms with van der Waals surface area (Å²) in [5.41, 5.74) is 1.38. The molecule has 7 heteroatoms. The van der Waals surface area contributed by atoms with Crippen molar-refractivity contribution in [3.63, 3.8) is 0 Å². The number of allylic oxidation sites excluding steroid dienone is 1. The summed E-state index contributed by atoms with van der Waals surface area (Å²) < 4.78 is 10.2. The van der Waals surface area contributed by atoms with Crippen molar-refractivity contribution in [1.82, 2.24) is 9.97 Å². The minimum atomic E-state index is -0.584. The molecule has 1 aliphatic heterocycles. The molecule has 3 rings (SSSR count). The van der Waals surface area contributed by atoms with Crippen LogP contribution in [0.25, 0.3) is 16.6 Å². The fourth-order valence-corrected chi connectivity index (χ4v) is 2.39. The number of rotatable bonds is 4. The number of imidazole rings is 1. The van der Waals surface area contributed by atoms with Gasteiger partial charge in [0.1, 0.15) is 18.2 Å². The lowest BCUT2D eigenvalue weighted by molar-refractivity contribution is -0.153. The quantitative estimate of drug-likeness (QED) is 0.508. The Morgan fingerprint density at radius 2 is 2.35 bits per heavy atom. The first kappa shape index (κ1) is 15.1. The van der Waals surface area contributed by atoms with E-state index in [2.05, 4.69) is 9.97 Å². The maximum absolute atomic E-state index is 11.8. The van der Waals surface area contributed by atoms with Crippen LogP contribution in [0.2, 0.25) is 0 Å². The average Bonchev–Trinajstić information content (AvgIpc) is 3.22. The lowest BCUT2D eigenvalue weighted by Gasteiger charge is -2.09. The van der Waals surface area contributed by atoms with Crippen LogP contribution in [-0.2, 0) is 14.3 Å². The van der Waals surface area contributed by atoms with Crippen LogP contribution < -0.4 is 0 Å². The van der Waals surface area contributed by atoms with E-state index in [0.717, 1.165) is 11.9 Å². The van der Waals surface area contributed by atoms with Gasteiger partial charge in [0.15, 0.2) is 17.7 Å². The summed E-state index contributed by atoms with van der Waals surface area (Å²) in [5.74, 6) is -0.645. The Balaban J connectivity index is 1.76. The fourth-order valence-electron chi connectivity index (χ4n) is 2.39. The summed E-state index contributed by atoms with van der Waals surface area (Å²) in [4.78, 5) is 19.0. The largest absolute Gasteiger partial charge is 0.507 e. The molecule has 1 aromatic carbocycles. The number of H-pyrrole nitrogens is 1. The number of nitriles is 1. The number of benzene rings is 1. The average molecular weight is 313 g/mol. The van der Waals surface area contributed by atoms with Crippen molar-refractivity contribution in [2.45, 2.75) is 18.9 Å². The lowest BCUT2D eigenvalue weighted by Crippen LogP contribution is -2.23. The summed E-state index contributed by atoms with van der Waals surface area (Å²) in [6.45, 7) is 0.142. The zero-order valence-electron chi connectivity index (χ0n) is 12.3. The number of hydrogen-bond acceptors (Lipinski definition) is 6. The number of nitrogens with one attached hydrogen (secondary N) is 1. The molecule has 7 nitrogen and oxygen atoms in total. The van der Waals surface area contributed by atoms with Gasteiger partial charge >= 0.3 is 5.97 Å². The van der Waals surface area contributed by atoms with Crippen LogP contribution in [0.15, 0.2) is 30.0 Å². The molecule has 1 unspecified atom stereocenters. The highest BCUT2D eigenvalue weighted by Gasteiger charge is 2.25. The van der Waals surface area contributed by atoms with Gasteiger partial charge in [-0.2, -0.15) is 5.26 Å². The molecule has 1 atom stereocenters. The van der Waals surface area contributed by atoms with Gasteiger partial charge in [-0.1, -0.05) is 12.1 Å². The second-order valence-corrected chi connectivity index (χ2v) is 5.15. The first-order valence-corrected chi connectivity index (χ1v) is 7.24. The molecule has 1 aliphatic rings. The Morgan fingerprint density at radius 3 is 3.04 bits per heavy atom. The van der Waals surface area contributed by atoms with Crippen molar-refractivity contribution in [2.75, 3.05) is 13.2 Å². The number of esters is 1. The standard InChI is InChI=1S/C16H15N3O4/c17-8-10(15-18-11-4-1-2-5-12(11)19-15)13(20)9-23-16(21)14-6-3-7-22-14/h1-2,4-5,14,20H,3,6-7,9H2,(H,18,19)/b13-10+. The predicted molar refractivity (Wildman–Crippen MR) is 81.2 cm³/mol. The molecule has 2 N–H and O–H groups in total. The molecule has 1 saturated heterocycles. The number of hydrogen-bond donors (Lipinski definition) is 2. The van der Waals surface area contributed by atoms with Crippen molar-refractivity contribution >= 4 is 22.6 Å². The number of ether oxygens (including phenoxy) is 2. The summed E-state index contributed by atoms with van der Waals surface area (Å²) in [6, 6.07) is 9.15. The topological polar surface area (TPSA) is 108 Å². The minimum absolute atomic E-state index is 0.0543. The van der Waals surface area contributed by atoms with E-state index in [1.54, 1.807) is 6.07 Å². The number of para-hydroxylation sites is 2. The second kappa shape index (κ2) is 6.50. The maximum Gasteiger partial charge on any atom is 0.335 e. The molecular formula is C16H15N3O4. The lowest BCUT2D eigenvalue weighted by atomic mass is 10.2. The van der Waals surface area contributed by atoms with Gasteiger partial charge in [0.2, 0.25) is 0 Å². The van der Waals surface area contributed by atoms with Crippen LogP contribution in [0.3, 0.4) is 0 Å². The molecule has 2 heterocycles. The van der Waals surface area contributed by atoms with Crippen LogP contribution in [0, 0.1) is 11.3 Å². The van der Waals surface area contributed by atoms with E-state index in [0.29, 0.717) is 18.5 Å². The Hall–Kier alpha value is -2.85. The Bertz CT molecular complexity index is 764. The summed E-state index contributed by atoms with van der Waals surface area (Å²) in [6.07, 6.45) is 0.835. The molecule has 0 amide bonds. The molecule has 0 bridgehead atoms. The van der Waals surface area contributed by atoms with Gasteiger partial charge in [-0.25, -0.2) is 9.78 Å². The van der Waals surface area contributed by atoms with E-state index in [1.165, 1.54) is 0 Å². The highest BCUT2D eigenvalue weighted by Crippen LogP contribution is 2.19. The number of aromatic amines is 1. The number of carbonyl (C=O) groups is 1. The zero-order chi connectivity index (χ0) is 16.2. The van der Waals surface area contributed by atoms with Crippen LogP contribution in [-0.4, -0.2) is 40.4 Å². The maximum atomic E-state index is 11.8. The molecule has 0 radical (unpaired) electrons. The van der Waals surface area contributed by atoms with Gasteiger partial charge in [-0.15, -0.1) is 0 Å². The molecule has 0 saturated carbocycles. The van der Waals surface area contributed by atoms with Crippen molar-refractivity contribution < 1.29 is 19.4 Å². The van der Waals surface area contributed by atoms with Crippen molar-refractivity contribution in [1.29, 1.82) is 5.26 Å². The fraction of sp³-hybridized carbons (Fsp3) is 0.312. The zero-order valence-corrected chi connectivity index (χ0v) is 12.3. The highest BCUT2D eigenvalue weighted by molar-refractivity contribution is 5.83. The Labute approximate surface area is 132 Å². The van der Waals surface area contributed by atoms with Crippen molar-refractivity contribution in [2.24, 2.45) is 0 Å². The molecule has 23 heavy (non-hydrogen) atoms. The summed E-state index contributed by atoms with van der Waals surface area (Å²) in [5, 5.41) is 19.3. The van der Waals surface area contributed by atoms with Crippen molar-refractivity contribution in [3.05, 3.63) is 35.8 Å². The number of carbonyl (C=O) groups excluding carboxylic acids is 1. The minimum Gasteiger partial charge on any atom is -0.507 e. The number of fused-ring (bicyclic) bond motifs is 1. The highest BCUT2D eigenvalue weighted by atomic mass is 16.6. The van der Waals surface area contributed by atoms with E-state index in [1.807, 2.05) is 24.3 Å². The predicted octanol–water partition coefficient (Wildman–Crippen LogP) is 2.08.